The Morgan fingerprint density at radius 2 is 2.18 bits per heavy atom. The SMILES string of the molecule is O=[N+]([O-])c1ccc(NCCc2ccccn2)c2c1no[n+]2[O-]. The normalized spacial score (nSPS) is 10.7. The second kappa shape index (κ2) is 5.64. The third-order valence-corrected chi connectivity index (χ3v) is 3.14. The van der Waals surface area contributed by atoms with Crippen molar-refractivity contribution in [1.29, 1.82) is 0 Å². The number of nitro benzene ring substituents is 1. The number of hydrogen-bond donors (Lipinski definition) is 1. The molecule has 0 saturated carbocycles. The van der Waals surface area contributed by atoms with Crippen LogP contribution >= 0.6 is 0 Å². The number of pyridine rings is 1. The molecular formula is C13H11N5O4. The quantitative estimate of drug-likeness (QED) is 0.429. The summed E-state index contributed by atoms with van der Waals surface area (Å²) in [5, 5.41) is 29.0. The minimum absolute atomic E-state index is 0.00946. The average molecular weight is 301 g/mol. The van der Waals surface area contributed by atoms with Crippen molar-refractivity contribution >= 4 is 22.4 Å². The molecule has 9 nitrogen and oxygen atoms in total. The van der Waals surface area contributed by atoms with Gasteiger partial charge in [0.05, 0.1) is 15.8 Å². The fraction of sp³-hybridized carbons (Fsp3) is 0.154. The van der Waals surface area contributed by atoms with Crippen molar-refractivity contribution in [3.8, 4) is 0 Å². The van der Waals surface area contributed by atoms with E-state index >= 15 is 0 Å². The Kier molecular flexibility index (Phi) is 3.52. The highest BCUT2D eigenvalue weighted by Gasteiger charge is 2.25. The first-order valence-corrected chi connectivity index (χ1v) is 6.47. The second-order valence-electron chi connectivity index (χ2n) is 4.51. The first-order valence-electron chi connectivity index (χ1n) is 6.47. The van der Waals surface area contributed by atoms with Crippen molar-refractivity contribution in [2.24, 2.45) is 0 Å². The van der Waals surface area contributed by atoms with Crippen LogP contribution in [0.25, 0.3) is 11.0 Å². The zero-order chi connectivity index (χ0) is 15.5. The van der Waals surface area contributed by atoms with E-state index in [9.17, 15) is 15.3 Å². The molecule has 0 unspecified atom stereocenters. The third kappa shape index (κ3) is 2.51. The van der Waals surface area contributed by atoms with Crippen LogP contribution in [-0.4, -0.2) is 21.6 Å². The van der Waals surface area contributed by atoms with Gasteiger partial charge in [-0.3, -0.25) is 19.7 Å². The largest absolute Gasteiger partial charge is 0.381 e. The molecule has 0 aliphatic heterocycles. The lowest BCUT2D eigenvalue weighted by Crippen LogP contribution is -2.24. The maximum Gasteiger partial charge on any atom is 0.327 e. The van der Waals surface area contributed by atoms with Crippen LogP contribution in [0.4, 0.5) is 11.4 Å². The maximum absolute atomic E-state index is 11.6. The van der Waals surface area contributed by atoms with Gasteiger partial charge in [-0.1, -0.05) is 6.07 Å². The van der Waals surface area contributed by atoms with Gasteiger partial charge in [-0.2, -0.15) is 0 Å². The van der Waals surface area contributed by atoms with E-state index < -0.39 is 4.92 Å². The van der Waals surface area contributed by atoms with Gasteiger partial charge >= 0.3 is 11.2 Å². The Balaban J connectivity index is 1.84. The Bertz CT molecular complexity index is 818. The molecule has 0 radical (unpaired) electrons. The molecule has 3 aromatic rings. The molecule has 2 aromatic heterocycles. The fourth-order valence-corrected chi connectivity index (χ4v) is 2.12. The first kappa shape index (κ1) is 13.7. The maximum atomic E-state index is 11.6. The van der Waals surface area contributed by atoms with Gasteiger partial charge in [0, 0.05) is 30.9 Å². The van der Waals surface area contributed by atoms with Gasteiger partial charge in [0.2, 0.25) is 0 Å². The summed E-state index contributed by atoms with van der Waals surface area (Å²) in [6.07, 6.45) is 2.34. The number of aromatic nitrogens is 3. The second-order valence-corrected chi connectivity index (χ2v) is 4.51. The summed E-state index contributed by atoms with van der Waals surface area (Å²) < 4.78 is 4.47. The molecule has 3 rings (SSSR count). The number of nitro groups is 1. The van der Waals surface area contributed by atoms with Crippen molar-refractivity contribution in [2.75, 3.05) is 11.9 Å². The lowest BCUT2D eigenvalue weighted by Gasteiger charge is -2.05. The van der Waals surface area contributed by atoms with Crippen LogP contribution in [0.15, 0.2) is 41.2 Å². The molecule has 22 heavy (non-hydrogen) atoms. The van der Waals surface area contributed by atoms with Gasteiger partial charge in [0.15, 0.2) is 0 Å². The third-order valence-electron chi connectivity index (χ3n) is 3.14. The van der Waals surface area contributed by atoms with E-state index in [1.807, 2.05) is 18.2 Å². The van der Waals surface area contributed by atoms with E-state index in [0.29, 0.717) is 18.7 Å². The highest BCUT2D eigenvalue weighted by Crippen LogP contribution is 2.27. The van der Waals surface area contributed by atoms with Crippen molar-refractivity contribution in [2.45, 2.75) is 6.42 Å². The molecule has 112 valence electrons. The van der Waals surface area contributed by atoms with E-state index in [-0.39, 0.29) is 21.6 Å². The molecule has 0 atom stereocenters. The van der Waals surface area contributed by atoms with Crippen molar-refractivity contribution in [3.05, 3.63) is 57.5 Å². The van der Waals surface area contributed by atoms with Crippen LogP contribution in [0, 0.1) is 15.3 Å². The summed E-state index contributed by atoms with van der Waals surface area (Å²) in [4.78, 5) is 14.7. The number of nitrogens with one attached hydrogen (secondary N) is 1. The summed E-state index contributed by atoms with van der Waals surface area (Å²) in [6, 6.07) is 8.35. The number of non-ortho nitro benzene ring substituents is 1. The predicted octanol–water partition coefficient (Wildman–Crippen LogP) is 1.42. The van der Waals surface area contributed by atoms with Crippen LogP contribution in [0.2, 0.25) is 0 Å². The molecule has 0 fully saturated rings. The van der Waals surface area contributed by atoms with Crippen LogP contribution in [0.1, 0.15) is 5.69 Å². The summed E-state index contributed by atoms with van der Waals surface area (Å²) in [7, 11) is 0. The number of anilines is 1. The molecule has 2 heterocycles. The van der Waals surface area contributed by atoms with Crippen molar-refractivity contribution in [3.63, 3.8) is 0 Å². The van der Waals surface area contributed by atoms with E-state index in [2.05, 4.69) is 20.1 Å². The smallest absolute Gasteiger partial charge is 0.327 e. The van der Waals surface area contributed by atoms with Crippen LogP contribution < -0.4 is 10.2 Å². The molecule has 0 bridgehead atoms. The molecule has 1 aromatic carbocycles. The van der Waals surface area contributed by atoms with Crippen molar-refractivity contribution in [1.82, 2.24) is 10.1 Å². The highest BCUT2D eigenvalue weighted by molar-refractivity contribution is 5.91. The summed E-state index contributed by atoms with van der Waals surface area (Å²) >= 11 is 0. The van der Waals surface area contributed by atoms with Crippen LogP contribution in [-0.2, 0) is 6.42 Å². The summed E-state index contributed by atoms with van der Waals surface area (Å²) in [5.41, 5.74) is 0.975. The van der Waals surface area contributed by atoms with Gasteiger partial charge in [0.25, 0.3) is 5.52 Å². The number of fused-ring (bicyclic) bond motifs is 1. The average Bonchev–Trinajstić information content (AvgIpc) is 2.91. The van der Waals surface area contributed by atoms with Crippen molar-refractivity contribution < 1.29 is 14.5 Å². The minimum atomic E-state index is -0.609. The van der Waals surface area contributed by atoms with Crippen LogP contribution in [0.3, 0.4) is 0 Å². The Morgan fingerprint density at radius 3 is 2.91 bits per heavy atom. The van der Waals surface area contributed by atoms with Gasteiger partial charge in [-0.25, -0.2) is 0 Å². The zero-order valence-electron chi connectivity index (χ0n) is 11.3. The predicted molar refractivity (Wildman–Crippen MR) is 76.1 cm³/mol. The number of benzene rings is 1. The molecule has 0 aliphatic rings. The molecule has 0 aliphatic carbocycles. The summed E-state index contributed by atoms with van der Waals surface area (Å²) in [6.45, 7) is 0.509. The summed E-state index contributed by atoms with van der Waals surface area (Å²) in [5.74, 6) is 0. The van der Waals surface area contributed by atoms with E-state index in [4.69, 9.17) is 0 Å². The Hall–Kier alpha value is -3.23. The van der Waals surface area contributed by atoms with Crippen LogP contribution in [0.5, 0.6) is 0 Å². The fourth-order valence-electron chi connectivity index (χ4n) is 2.12. The zero-order valence-corrected chi connectivity index (χ0v) is 11.3. The lowest BCUT2D eigenvalue weighted by molar-refractivity contribution is -0.781. The van der Waals surface area contributed by atoms with Gasteiger partial charge in [0.1, 0.15) is 0 Å². The van der Waals surface area contributed by atoms with E-state index in [0.717, 1.165) is 5.69 Å². The molecular weight excluding hydrogens is 290 g/mol. The van der Waals surface area contributed by atoms with Gasteiger partial charge in [-0.15, -0.1) is 0 Å². The molecule has 1 N–H and O–H groups in total. The minimum Gasteiger partial charge on any atom is -0.381 e. The first-order chi connectivity index (χ1) is 10.7. The topological polar surface area (TPSA) is 121 Å². The number of nitrogens with zero attached hydrogens (tertiary/aromatic N) is 4. The molecule has 0 spiro atoms. The lowest BCUT2D eigenvalue weighted by atomic mass is 10.2. The standard InChI is InChI=1S/C13H11N5O4/c19-17(20)11-5-4-10(13-12(11)16-22-18(13)21)15-8-6-9-3-1-2-7-14-9/h1-5,7,15H,6,8H2. The Morgan fingerprint density at radius 1 is 1.32 bits per heavy atom. The molecule has 0 amide bonds. The monoisotopic (exact) mass is 301 g/mol. The molecule has 0 saturated heterocycles. The number of hydrogen-bond acceptors (Lipinski definition) is 7. The highest BCUT2D eigenvalue weighted by atomic mass is 16.8. The Labute approximate surface area is 123 Å². The number of rotatable bonds is 5. The van der Waals surface area contributed by atoms with E-state index in [1.165, 1.54) is 12.1 Å². The van der Waals surface area contributed by atoms with E-state index in [1.54, 1.807) is 6.20 Å². The van der Waals surface area contributed by atoms with Gasteiger partial charge in [-0.05, 0) is 23.1 Å². The molecule has 9 heteroatoms. The van der Waals surface area contributed by atoms with Gasteiger partial charge < -0.3 is 10.5 Å².